The summed E-state index contributed by atoms with van der Waals surface area (Å²) >= 11 is 0. The molecular formula is C29H36N6O2. The summed E-state index contributed by atoms with van der Waals surface area (Å²) in [5.41, 5.74) is 4.88. The number of carboxylic acid groups (broad SMARTS) is 1. The summed E-state index contributed by atoms with van der Waals surface area (Å²) in [4.78, 5) is 23.3. The van der Waals surface area contributed by atoms with Gasteiger partial charge in [-0.25, -0.2) is 4.79 Å². The fourth-order valence-corrected chi connectivity index (χ4v) is 5.24. The van der Waals surface area contributed by atoms with Crippen LogP contribution in [0.5, 0.6) is 0 Å². The smallest absolute Gasteiger partial charge is 0.407 e. The Morgan fingerprint density at radius 2 is 2.05 bits per heavy atom. The number of likely N-dealkylation sites (tertiary alicyclic amines) is 1. The third-order valence-corrected chi connectivity index (χ3v) is 7.12. The van der Waals surface area contributed by atoms with E-state index >= 15 is 0 Å². The van der Waals surface area contributed by atoms with Gasteiger partial charge in [-0.1, -0.05) is 12.2 Å². The van der Waals surface area contributed by atoms with Gasteiger partial charge in [0.05, 0.1) is 11.3 Å². The van der Waals surface area contributed by atoms with Gasteiger partial charge >= 0.3 is 6.09 Å². The zero-order chi connectivity index (χ0) is 26.6. The normalized spacial score (nSPS) is 15.2. The van der Waals surface area contributed by atoms with E-state index in [0.29, 0.717) is 5.56 Å². The fourth-order valence-electron chi connectivity index (χ4n) is 5.24. The Balaban J connectivity index is 1.39. The summed E-state index contributed by atoms with van der Waals surface area (Å²) in [5, 5.41) is 24.0. The van der Waals surface area contributed by atoms with Gasteiger partial charge in [0.2, 0.25) is 0 Å². The molecule has 1 aliphatic rings. The lowest BCUT2D eigenvalue weighted by molar-refractivity contribution is 0.0425. The molecule has 4 rings (SSSR count). The molecular weight excluding hydrogens is 464 g/mol. The van der Waals surface area contributed by atoms with E-state index in [-0.39, 0.29) is 6.04 Å². The number of fused-ring (bicyclic) bond motifs is 1. The van der Waals surface area contributed by atoms with Crippen molar-refractivity contribution >= 4 is 34.4 Å². The first-order valence-corrected chi connectivity index (χ1v) is 12.8. The van der Waals surface area contributed by atoms with E-state index in [1.165, 1.54) is 0 Å². The SMILES string of the molecule is Cc1c(Nc2c(C#N)cncc2C=CCCN2CCC(N(C(=O)O)C(C)(C)C)CC2)ccc2[nH]ccc12. The Kier molecular flexibility index (Phi) is 7.84. The topological polar surface area (TPSA) is 108 Å². The summed E-state index contributed by atoms with van der Waals surface area (Å²) in [6, 6.07) is 8.44. The number of H-pyrrole nitrogens is 1. The van der Waals surface area contributed by atoms with Gasteiger partial charge in [-0.05, 0) is 70.7 Å². The van der Waals surface area contributed by atoms with Crippen molar-refractivity contribution in [3.8, 4) is 6.07 Å². The van der Waals surface area contributed by atoms with E-state index in [9.17, 15) is 15.2 Å². The Labute approximate surface area is 218 Å². The molecule has 1 aromatic carbocycles. The lowest BCUT2D eigenvalue weighted by Gasteiger charge is -2.43. The average molecular weight is 501 g/mol. The van der Waals surface area contributed by atoms with Crippen molar-refractivity contribution in [3.63, 3.8) is 0 Å². The summed E-state index contributed by atoms with van der Waals surface area (Å²) in [7, 11) is 0. The van der Waals surface area contributed by atoms with Crippen LogP contribution in [0.1, 0.15) is 56.7 Å². The lowest BCUT2D eigenvalue weighted by Crippen LogP contribution is -2.54. The molecule has 1 aliphatic heterocycles. The minimum atomic E-state index is -0.838. The Bertz CT molecular complexity index is 1320. The van der Waals surface area contributed by atoms with Crippen LogP contribution in [-0.2, 0) is 0 Å². The van der Waals surface area contributed by atoms with Gasteiger partial charge in [-0.3, -0.25) is 4.98 Å². The number of aryl methyl sites for hydroxylation is 1. The van der Waals surface area contributed by atoms with Crippen LogP contribution in [0.25, 0.3) is 17.0 Å². The van der Waals surface area contributed by atoms with Crippen LogP contribution >= 0.6 is 0 Å². The highest BCUT2D eigenvalue weighted by Crippen LogP contribution is 2.31. The van der Waals surface area contributed by atoms with Crippen LogP contribution in [0.3, 0.4) is 0 Å². The van der Waals surface area contributed by atoms with Gasteiger partial charge in [0.1, 0.15) is 6.07 Å². The highest BCUT2D eigenvalue weighted by molar-refractivity contribution is 5.89. The van der Waals surface area contributed by atoms with E-state index in [0.717, 1.165) is 72.3 Å². The molecule has 8 nitrogen and oxygen atoms in total. The molecule has 194 valence electrons. The zero-order valence-electron chi connectivity index (χ0n) is 22.1. The molecule has 0 spiro atoms. The Hall–Kier alpha value is -3.83. The number of benzene rings is 1. The Morgan fingerprint density at radius 1 is 1.30 bits per heavy atom. The van der Waals surface area contributed by atoms with Gasteiger partial charge < -0.3 is 25.2 Å². The number of anilines is 2. The molecule has 1 fully saturated rings. The van der Waals surface area contributed by atoms with Gasteiger partial charge in [0.15, 0.2) is 0 Å². The fraction of sp³-hybridized carbons (Fsp3) is 0.414. The molecule has 2 aromatic heterocycles. The van der Waals surface area contributed by atoms with Crippen molar-refractivity contribution in [2.75, 3.05) is 25.0 Å². The molecule has 1 amide bonds. The number of nitrogens with zero attached hydrogens (tertiary/aromatic N) is 4. The van der Waals surface area contributed by atoms with Crippen molar-refractivity contribution < 1.29 is 9.90 Å². The van der Waals surface area contributed by atoms with Crippen LogP contribution in [0.2, 0.25) is 0 Å². The van der Waals surface area contributed by atoms with Crippen LogP contribution in [0.15, 0.2) is 42.9 Å². The van der Waals surface area contributed by atoms with Crippen molar-refractivity contribution in [3.05, 3.63) is 59.6 Å². The number of piperidine rings is 1. The minimum Gasteiger partial charge on any atom is -0.465 e. The number of carbonyl (C=O) groups is 1. The van der Waals surface area contributed by atoms with Gasteiger partial charge in [0.25, 0.3) is 0 Å². The van der Waals surface area contributed by atoms with Gasteiger partial charge in [-0.2, -0.15) is 5.26 Å². The molecule has 0 saturated carbocycles. The second-order valence-corrected chi connectivity index (χ2v) is 10.7. The summed E-state index contributed by atoms with van der Waals surface area (Å²) in [6.07, 6.45) is 11.2. The number of pyridine rings is 1. The standard InChI is InChI=1S/C29H36N6O2/c1-20-24-10-13-32-26(24)9-8-25(20)33-27-21(18-31-19-22(27)17-30)7-5-6-14-34-15-11-23(12-16-34)35(28(36)37)29(2,3)4/h5,7-10,13,18-19,23,32H,6,11-12,14-16H2,1-4H3,(H,31,33)(H,36,37). The maximum atomic E-state index is 11.8. The van der Waals surface area contributed by atoms with Crippen LogP contribution < -0.4 is 5.32 Å². The molecule has 0 atom stereocenters. The molecule has 0 unspecified atom stereocenters. The number of hydrogen-bond donors (Lipinski definition) is 3. The highest BCUT2D eigenvalue weighted by Gasteiger charge is 2.34. The number of hydrogen-bond acceptors (Lipinski definition) is 5. The molecule has 3 heterocycles. The Morgan fingerprint density at radius 3 is 2.73 bits per heavy atom. The second kappa shape index (κ2) is 11.1. The first kappa shape index (κ1) is 26.2. The summed E-state index contributed by atoms with van der Waals surface area (Å²) < 4.78 is 0. The van der Waals surface area contributed by atoms with Crippen molar-refractivity contribution in [1.82, 2.24) is 19.8 Å². The van der Waals surface area contributed by atoms with Gasteiger partial charge in [-0.15, -0.1) is 0 Å². The third kappa shape index (κ3) is 5.95. The number of rotatable bonds is 7. The van der Waals surface area contributed by atoms with Crippen LogP contribution in [0.4, 0.5) is 16.2 Å². The van der Waals surface area contributed by atoms with Crippen molar-refractivity contribution in [1.29, 1.82) is 5.26 Å². The van der Waals surface area contributed by atoms with E-state index in [1.54, 1.807) is 17.3 Å². The molecule has 1 saturated heterocycles. The number of nitrogens with one attached hydrogen (secondary N) is 2. The van der Waals surface area contributed by atoms with E-state index in [4.69, 9.17) is 0 Å². The first-order valence-electron chi connectivity index (χ1n) is 12.8. The molecule has 3 N–H and O–H groups in total. The predicted molar refractivity (Wildman–Crippen MR) is 148 cm³/mol. The number of nitriles is 1. The summed E-state index contributed by atoms with van der Waals surface area (Å²) in [6.45, 7) is 10.6. The molecule has 0 bridgehead atoms. The van der Waals surface area contributed by atoms with Crippen molar-refractivity contribution in [2.45, 2.75) is 58.5 Å². The number of aromatic amines is 1. The molecule has 0 radical (unpaired) electrons. The third-order valence-electron chi connectivity index (χ3n) is 7.12. The van der Waals surface area contributed by atoms with E-state index < -0.39 is 11.6 Å². The molecule has 8 heteroatoms. The van der Waals surface area contributed by atoms with Gasteiger partial charge in [0, 0.05) is 72.0 Å². The highest BCUT2D eigenvalue weighted by atomic mass is 16.4. The monoisotopic (exact) mass is 500 g/mol. The maximum absolute atomic E-state index is 11.8. The van der Waals surface area contributed by atoms with Crippen LogP contribution in [-0.4, -0.2) is 62.2 Å². The minimum absolute atomic E-state index is 0.0617. The number of aromatic nitrogens is 2. The number of amides is 1. The van der Waals surface area contributed by atoms with E-state index in [1.807, 2.05) is 45.2 Å². The molecule has 0 aliphatic carbocycles. The average Bonchev–Trinajstić information content (AvgIpc) is 3.34. The first-order chi connectivity index (χ1) is 17.7. The van der Waals surface area contributed by atoms with E-state index in [2.05, 4.69) is 45.3 Å². The quantitative estimate of drug-likeness (QED) is 0.360. The molecule has 3 aromatic rings. The second-order valence-electron chi connectivity index (χ2n) is 10.7. The van der Waals surface area contributed by atoms with Crippen LogP contribution in [0, 0.1) is 18.3 Å². The zero-order valence-corrected chi connectivity index (χ0v) is 22.1. The predicted octanol–water partition coefficient (Wildman–Crippen LogP) is 6.13. The molecule has 37 heavy (non-hydrogen) atoms. The maximum Gasteiger partial charge on any atom is 0.407 e. The largest absolute Gasteiger partial charge is 0.465 e. The lowest BCUT2D eigenvalue weighted by atomic mass is 9.97. The van der Waals surface area contributed by atoms with Crippen molar-refractivity contribution in [2.24, 2.45) is 0 Å². The summed E-state index contributed by atoms with van der Waals surface area (Å²) in [5.74, 6) is 0.